The van der Waals surface area contributed by atoms with Gasteiger partial charge in [-0.05, 0) is 32.2 Å². The molecule has 98 valence electrons. The third kappa shape index (κ3) is 2.80. The second kappa shape index (κ2) is 4.94. The van der Waals surface area contributed by atoms with Crippen molar-refractivity contribution in [3.63, 3.8) is 0 Å². The van der Waals surface area contributed by atoms with Crippen LogP contribution in [0.1, 0.15) is 39.0 Å². The summed E-state index contributed by atoms with van der Waals surface area (Å²) < 4.78 is 0. The molecular weight excluding hydrogens is 216 g/mol. The summed E-state index contributed by atoms with van der Waals surface area (Å²) in [6, 6.07) is -0.0420. The van der Waals surface area contributed by atoms with Gasteiger partial charge in [0.2, 0.25) is 5.91 Å². The van der Waals surface area contributed by atoms with Gasteiger partial charge in [0, 0.05) is 13.1 Å². The van der Waals surface area contributed by atoms with E-state index in [4.69, 9.17) is 0 Å². The summed E-state index contributed by atoms with van der Waals surface area (Å²) in [5.74, 6) is 0.728. The Morgan fingerprint density at radius 2 is 2.29 bits per heavy atom. The fraction of sp³-hybridized carbons (Fsp3) is 0.923. The van der Waals surface area contributed by atoms with Crippen LogP contribution in [0.15, 0.2) is 0 Å². The molecule has 1 aliphatic carbocycles. The molecule has 3 unspecified atom stereocenters. The Bertz CT molecular complexity index is 295. The number of hydrogen-bond acceptors (Lipinski definition) is 3. The summed E-state index contributed by atoms with van der Waals surface area (Å²) >= 11 is 0. The second-order valence-corrected chi connectivity index (χ2v) is 5.82. The van der Waals surface area contributed by atoms with Crippen molar-refractivity contribution in [1.29, 1.82) is 0 Å². The number of aliphatic hydroxyl groups is 1. The van der Waals surface area contributed by atoms with Gasteiger partial charge < -0.3 is 15.3 Å². The van der Waals surface area contributed by atoms with Gasteiger partial charge >= 0.3 is 0 Å². The number of likely N-dealkylation sites (N-methyl/N-ethyl adjacent to an activating group) is 1. The summed E-state index contributed by atoms with van der Waals surface area (Å²) in [7, 11) is 1.82. The van der Waals surface area contributed by atoms with Crippen molar-refractivity contribution >= 4 is 5.91 Å². The van der Waals surface area contributed by atoms with E-state index in [-0.39, 0.29) is 11.9 Å². The first-order valence-corrected chi connectivity index (χ1v) is 6.72. The number of carbonyl (C=O) groups excluding carboxylic acids is 1. The molecule has 2 aliphatic rings. The first kappa shape index (κ1) is 12.8. The highest BCUT2D eigenvalue weighted by Crippen LogP contribution is 2.33. The molecule has 0 aromatic heterocycles. The molecule has 17 heavy (non-hydrogen) atoms. The molecule has 1 saturated carbocycles. The number of rotatable bonds is 3. The van der Waals surface area contributed by atoms with E-state index in [1.54, 1.807) is 0 Å². The lowest BCUT2D eigenvalue weighted by Crippen LogP contribution is -2.48. The van der Waals surface area contributed by atoms with E-state index in [1.807, 2.05) is 11.9 Å². The number of nitrogens with one attached hydrogen (secondary N) is 1. The molecule has 1 aliphatic heterocycles. The SMILES string of the molecule is CNC1CCN(CC2(O)CCCC(C)C2)C1=O. The van der Waals surface area contributed by atoms with Gasteiger partial charge in [0.25, 0.3) is 0 Å². The molecule has 0 radical (unpaired) electrons. The molecule has 2 rings (SSSR count). The van der Waals surface area contributed by atoms with E-state index < -0.39 is 5.60 Å². The van der Waals surface area contributed by atoms with Crippen LogP contribution in [0.25, 0.3) is 0 Å². The number of likely N-dealkylation sites (tertiary alicyclic amines) is 1. The molecule has 0 aromatic carbocycles. The Kier molecular flexibility index (Phi) is 3.73. The third-order valence-electron chi connectivity index (χ3n) is 4.20. The quantitative estimate of drug-likeness (QED) is 0.765. The van der Waals surface area contributed by atoms with Crippen molar-refractivity contribution in [2.45, 2.75) is 50.7 Å². The Balaban J connectivity index is 1.94. The van der Waals surface area contributed by atoms with Gasteiger partial charge in [-0.25, -0.2) is 0 Å². The zero-order valence-electron chi connectivity index (χ0n) is 10.9. The number of carbonyl (C=O) groups is 1. The summed E-state index contributed by atoms with van der Waals surface area (Å²) in [4.78, 5) is 13.8. The van der Waals surface area contributed by atoms with E-state index in [0.717, 1.165) is 32.2 Å². The molecule has 0 spiro atoms. The minimum Gasteiger partial charge on any atom is -0.388 e. The Morgan fingerprint density at radius 1 is 1.53 bits per heavy atom. The molecule has 1 heterocycles. The molecule has 2 N–H and O–H groups in total. The maximum atomic E-state index is 12.0. The average molecular weight is 240 g/mol. The Morgan fingerprint density at radius 3 is 2.88 bits per heavy atom. The Labute approximate surface area is 103 Å². The highest BCUT2D eigenvalue weighted by molar-refractivity contribution is 5.84. The van der Waals surface area contributed by atoms with E-state index in [1.165, 1.54) is 6.42 Å². The average Bonchev–Trinajstić information content (AvgIpc) is 2.59. The minimum absolute atomic E-state index is 0.0420. The van der Waals surface area contributed by atoms with Gasteiger partial charge in [0.05, 0.1) is 11.6 Å². The maximum Gasteiger partial charge on any atom is 0.239 e. The normalized spacial score (nSPS) is 38.8. The minimum atomic E-state index is -0.643. The summed E-state index contributed by atoms with van der Waals surface area (Å²) in [6.07, 6.45) is 4.82. The van der Waals surface area contributed by atoms with E-state index >= 15 is 0 Å². The van der Waals surface area contributed by atoms with E-state index in [9.17, 15) is 9.90 Å². The number of β-amino-alcohol motifs (C(OH)–C–C–N with tert-alkyl or cyclic N) is 1. The van der Waals surface area contributed by atoms with Crippen molar-refractivity contribution in [1.82, 2.24) is 10.2 Å². The zero-order valence-corrected chi connectivity index (χ0v) is 10.9. The molecule has 4 heteroatoms. The highest BCUT2D eigenvalue weighted by atomic mass is 16.3. The van der Waals surface area contributed by atoms with Crippen molar-refractivity contribution in [2.75, 3.05) is 20.1 Å². The second-order valence-electron chi connectivity index (χ2n) is 5.82. The van der Waals surface area contributed by atoms with Gasteiger partial charge in [0.15, 0.2) is 0 Å². The highest BCUT2D eigenvalue weighted by Gasteiger charge is 2.39. The van der Waals surface area contributed by atoms with Crippen LogP contribution in [-0.4, -0.2) is 47.7 Å². The van der Waals surface area contributed by atoms with Crippen LogP contribution in [0.5, 0.6) is 0 Å². The molecule has 4 nitrogen and oxygen atoms in total. The molecule has 2 fully saturated rings. The van der Waals surface area contributed by atoms with Gasteiger partial charge in [-0.2, -0.15) is 0 Å². The van der Waals surface area contributed by atoms with E-state index in [0.29, 0.717) is 12.5 Å². The van der Waals surface area contributed by atoms with Crippen LogP contribution in [0.3, 0.4) is 0 Å². The standard InChI is InChI=1S/C13H24N2O2/c1-10-4-3-6-13(17,8-10)9-15-7-5-11(14-2)12(15)16/h10-11,14,17H,3-9H2,1-2H3. The first-order chi connectivity index (χ1) is 8.04. The third-order valence-corrected chi connectivity index (χ3v) is 4.20. The summed E-state index contributed by atoms with van der Waals surface area (Å²) in [5.41, 5.74) is -0.643. The predicted molar refractivity (Wildman–Crippen MR) is 66.6 cm³/mol. The monoisotopic (exact) mass is 240 g/mol. The fourth-order valence-corrected chi connectivity index (χ4v) is 3.29. The number of amides is 1. The summed E-state index contributed by atoms with van der Waals surface area (Å²) in [6.45, 7) is 3.49. The van der Waals surface area contributed by atoms with Crippen LogP contribution < -0.4 is 5.32 Å². The van der Waals surface area contributed by atoms with Crippen LogP contribution in [0.4, 0.5) is 0 Å². The zero-order chi connectivity index (χ0) is 12.5. The summed E-state index contributed by atoms with van der Waals surface area (Å²) in [5, 5.41) is 13.6. The predicted octanol–water partition coefficient (Wildman–Crippen LogP) is 0.748. The van der Waals surface area contributed by atoms with Crippen LogP contribution in [0, 0.1) is 5.92 Å². The molecule has 3 atom stereocenters. The molecule has 0 aromatic rings. The lowest BCUT2D eigenvalue weighted by molar-refractivity contribution is -0.134. The van der Waals surface area contributed by atoms with Crippen LogP contribution in [-0.2, 0) is 4.79 Å². The van der Waals surface area contributed by atoms with Crippen LogP contribution >= 0.6 is 0 Å². The largest absolute Gasteiger partial charge is 0.388 e. The number of hydrogen-bond donors (Lipinski definition) is 2. The van der Waals surface area contributed by atoms with E-state index in [2.05, 4.69) is 12.2 Å². The van der Waals surface area contributed by atoms with Crippen LogP contribution in [0.2, 0.25) is 0 Å². The molecule has 1 amide bonds. The smallest absolute Gasteiger partial charge is 0.239 e. The molecule has 1 saturated heterocycles. The molecular formula is C13H24N2O2. The lowest BCUT2D eigenvalue weighted by atomic mass is 9.78. The molecule has 0 bridgehead atoms. The maximum absolute atomic E-state index is 12.0. The number of nitrogens with zero attached hydrogens (tertiary/aromatic N) is 1. The first-order valence-electron chi connectivity index (χ1n) is 6.72. The van der Waals surface area contributed by atoms with Crippen molar-refractivity contribution in [3.8, 4) is 0 Å². The topological polar surface area (TPSA) is 52.6 Å². The fourth-order valence-electron chi connectivity index (χ4n) is 3.29. The van der Waals surface area contributed by atoms with Gasteiger partial charge in [-0.1, -0.05) is 19.8 Å². The van der Waals surface area contributed by atoms with Gasteiger partial charge in [-0.15, -0.1) is 0 Å². The van der Waals surface area contributed by atoms with Crippen molar-refractivity contribution < 1.29 is 9.90 Å². The lowest BCUT2D eigenvalue weighted by Gasteiger charge is -2.38. The Hall–Kier alpha value is -0.610. The van der Waals surface area contributed by atoms with Gasteiger partial charge in [-0.3, -0.25) is 4.79 Å². The van der Waals surface area contributed by atoms with Crippen molar-refractivity contribution in [2.24, 2.45) is 5.92 Å². The van der Waals surface area contributed by atoms with Gasteiger partial charge in [0.1, 0.15) is 0 Å². The van der Waals surface area contributed by atoms with Crippen molar-refractivity contribution in [3.05, 3.63) is 0 Å².